The predicted octanol–water partition coefficient (Wildman–Crippen LogP) is 12.6. The van der Waals surface area contributed by atoms with E-state index in [9.17, 15) is 14.3 Å². The van der Waals surface area contributed by atoms with Gasteiger partial charge in [-0.1, -0.05) is 147 Å². The molecule has 0 amide bonds. The molecule has 0 heterocycles. The first-order valence-corrected chi connectivity index (χ1v) is 23.2. The van der Waals surface area contributed by atoms with Crippen molar-refractivity contribution >= 4 is 13.8 Å². The van der Waals surface area contributed by atoms with E-state index >= 15 is 0 Å². The Morgan fingerprint density at radius 1 is 0.585 bits per heavy atom. The van der Waals surface area contributed by atoms with Crippen LogP contribution in [0.2, 0.25) is 0 Å². The molecule has 8 nitrogen and oxygen atoms in total. The third kappa shape index (κ3) is 41.7. The van der Waals surface area contributed by atoms with Crippen molar-refractivity contribution in [3.63, 3.8) is 0 Å². The number of ether oxygens (including phenoxy) is 2. The summed E-state index contributed by atoms with van der Waals surface area (Å²) in [5.74, 6) is -0.326. The van der Waals surface area contributed by atoms with Gasteiger partial charge in [0.25, 0.3) is 0 Å². The van der Waals surface area contributed by atoms with Gasteiger partial charge in [-0.05, 0) is 64.2 Å². The molecular weight excluding hydrogens is 685 g/mol. The van der Waals surface area contributed by atoms with Gasteiger partial charge >= 0.3 is 13.8 Å². The van der Waals surface area contributed by atoms with Crippen LogP contribution >= 0.6 is 7.82 Å². The van der Waals surface area contributed by atoms with E-state index in [1.54, 1.807) is 0 Å². The second-order valence-corrected chi connectivity index (χ2v) is 17.2. The lowest BCUT2D eigenvalue weighted by Crippen LogP contribution is -2.37. The Bertz CT molecular complexity index is 947. The van der Waals surface area contributed by atoms with Crippen molar-refractivity contribution in [2.75, 3.05) is 54.1 Å². The van der Waals surface area contributed by atoms with E-state index < -0.39 is 13.9 Å². The summed E-state index contributed by atoms with van der Waals surface area (Å²) in [6.45, 7) is 5.55. The van der Waals surface area contributed by atoms with Gasteiger partial charge in [-0.25, -0.2) is 4.57 Å². The normalized spacial score (nSPS) is 14.2. The average Bonchev–Trinajstić information content (AvgIpc) is 3.11. The summed E-state index contributed by atoms with van der Waals surface area (Å²) in [7, 11) is 1.65. The van der Waals surface area contributed by atoms with E-state index in [1.807, 2.05) is 21.1 Å². The molecule has 9 heteroatoms. The van der Waals surface area contributed by atoms with E-state index in [0.717, 1.165) is 57.8 Å². The Morgan fingerprint density at radius 3 is 1.60 bits per heavy atom. The summed E-state index contributed by atoms with van der Waals surface area (Å²) in [4.78, 5) is 22.9. The molecule has 0 bridgehead atoms. The number of quaternary nitrogens is 1. The molecule has 1 N–H and O–H groups in total. The van der Waals surface area contributed by atoms with E-state index in [1.165, 1.54) is 103 Å². The molecule has 2 atom stereocenters. The number of carbonyl (C=O) groups is 1. The molecule has 312 valence electrons. The fraction of sp³-hybridized carbons (Fsp3) is 0.841. The highest BCUT2D eigenvalue weighted by Gasteiger charge is 2.26. The van der Waals surface area contributed by atoms with Crippen LogP contribution in [-0.2, 0) is 27.9 Å². The molecular formula is C44H85NO7P+. The monoisotopic (exact) mass is 771 g/mol. The number of unbranched alkanes of at least 4 members (excludes halogenated alkanes) is 20. The van der Waals surface area contributed by atoms with Gasteiger partial charge in [-0.15, -0.1) is 0 Å². The summed E-state index contributed by atoms with van der Waals surface area (Å²) in [5, 5.41) is 0. The number of rotatable bonds is 40. The van der Waals surface area contributed by atoms with Crippen molar-refractivity contribution in [1.29, 1.82) is 0 Å². The van der Waals surface area contributed by atoms with Gasteiger partial charge in [-0.2, -0.15) is 0 Å². The maximum atomic E-state index is 12.7. The topological polar surface area (TPSA) is 91.3 Å². The lowest BCUT2D eigenvalue weighted by molar-refractivity contribution is -0.870. The highest BCUT2D eigenvalue weighted by Crippen LogP contribution is 2.43. The number of phosphoric ester groups is 1. The second-order valence-electron chi connectivity index (χ2n) is 15.7. The molecule has 0 fully saturated rings. The van der Waals surface area contributed by atoms with Crippen LogP contribution in [0.3, 0.4) is 0 Å². The standard InChI is InChI=1S/C44H84NO7P/c1-6-8-10-12-14-16-18-20-22-23-25-27-29-31-33-35-37-44(46)52-43(42-51-53(47,48)50-40-38-45(3,4)5)41-49-39-36-34-32-30-28-26-24-21-19-17-15-13-11-9-7-2/h13,15,19,21-23,43H,6-12,14,16-18,20,24-42H2,1-5H3/p+1/b15-13-,21-19-,23-22-. The molecule has 0 aliphatic heterocycles. The molecule has 0 radical (unpaired) electrons. The number of likely N-dealkylation sites (N-methyl/N-ethyl adjacent to an activating group) is 1. The van der Waals surface area contributed by atoms with Crippen LogP contribution in [0.4, 0.5) is 0 Å². The van der Waals surface area contributed by atoms with E-state index in [0.29, 0.717) is 24.1 Å². The van der Waals surface area contributed by atoms with Crippen LogP contribution in [0.1, 0.15) is 181 Å². The fourth-order valence-electron chi connectivity index (χ4n) is 5.74. The van der Waals surface area contributed by atoms with E-state index in [4.69, 9.17) is 18.5 Å². The van der Waals surface area contributed by atoms with Gasteiger partial charge in [0, 0.05) is 13.0 Å². The third-order valence-corrected chi connectivity index (χ3v) is 10.2. The zero-order chi connectivity index (χ0) is 39.1. The highest BCUT2D eigenvalue weighted by molar-refractivity contribution is 7.47. The Morgan fingerprint density at radius 2 is 1.06 bits per heavy atom. The molecule has 0 aliphatic carbocycles. The summed E-state index contributed by atoms with van der Waals surface area (Å²) in [6.07, 6.45) is 43.1. The minimum absolute atomic E-state index is 0.0846. The predicted molar refractivity (Wildman–Crippen MR) is 224 cm³/mol. The quantitative estimate of drug-likeness (QED) is 0.0218. The average molecular weight is 771 g/mol. The first kappa shape index (κ1) is 51.7. The molecule has 0 saturated carbocycles. The van der Waals surface area contributed by atoms with Gasteiger partial charge in [0.1, 0.15) is 19.3 Å². The fourth-order valence-corrected chi connectivity index (χ4v) is 6.48. The smallest absolute Gasteiger partial charge is 0.457 e. The number of nitrogens with zero attached hydrogens (tertiary/aromatic N) is 1. The van der Waals surface area contributed by atoms with Crippen LogP contribution in [-0.4, -0.2) is 75.6 Å². The second kappa shape index (κ2) is 37.6. The molecule has 0 aromatic heterocycles. The summed E-state index contributed by atoms with van der Waals surface area (Å²) in [5.41, 5.74) is 0. The molecule has 53 heavy (non-hydrogen) atoms. The van der Waals surface area contributed by atoms with Crippen LogP contribution in [0.5, 0.6) is 0 Å². The van der Waals surface area contributed by atoms with Gasteiger partial charge in [0.2, 0.25) is 0 Å². The zero-order valence-corrected chi connectivity index (χ0v) is 36.1. The first-order valence-electron chi connectivity index (χ1n) is 21.7. The van der Waals surface area contributed by atoms with Crippen LogP contribution < -0.4 is 0 Å². The van der Waals surface area contributed by atoms with Crippen molar-refractivity contribution in [1.82, 2.24) is 0 Å². The van der Waals surface area contributed by atoms with Crippen molar-refractivity contribution in [2.24, 2.45) is 0 Å². The van der Waals surface area contributed by atoms with Crippen molar-refractivity contribution < 1.29 is 37.3 Å². The maximum absolute atomic E-state index is 12.7. The molecule has 0 saturated heterocycles. The Kier molecular flexibility index (Phi) is 36.7. The third-order valence-electron chi connectivity index (χ3n) is 9.17. The van der Waals surface area contributed by atoms with Crippen molar-refractivity contribution in [3.8, 4) is 0 Å². The van der Waals surface area contributed by atoms with Gasteiger partial charge in [0.05, 0.1) is 34.4 Å². The number of phosphoric acid groups is 1. The van der Waals surface area contributed by atoms with Crippen LogP contribution in [0.15, 0.2) is 36.5 Å². The van der Waals surface area contributed by atoms with Crippen molar-refractivity contribution in [2.45, 2.75) is 187 Å². The zero-order valence-electron chi connectivity index (χ0n) is 35.3. The SMILES string of the molecule is CCCC/C=C\C/C=C\CCCCCCCCOCC(COP(=O)(O)OCC[N+](C)(C)C)OC(=O)CCCCCCC/C=C\CCCCCCCCC. The first-order chi connectivity index (χ1) is 25.6. The lowest BCUT2D eigenvalue weighted by atomic mass is 10.1. The maximum Gasteiger partial charge on any atom is 0.472 e. The number of esters is 1. The van der Waals surface area contributed by atoms with Crippen LogP contribution in [0.25, 0.3) is 0 Å². The number of hydrogen-bond donors (Lipinski definition) is 1. The summed E-state index contributed by atoms with van der Waals surface area (Å²) in [6, 6.07) is 0. The lowest BCUT2D eigenvalue weighted by Gasteiger charge is -2.24. The summed E-state index contributed by atoms with van der Waals surface area (Å²) >= 11 is 0. The number of hydrogen-bond acceptors (Lipinski definition) is 6. The van der Waals surface area contributed by atoms with Crippen molar-refractivity contribution in [3.05, 3.63) is 36.5 Å². The molecule has 0 rings (SSSR count). The molecule has 0 aliphatic rings. The van der Waals surface area contributed by atoms with E-state index in [-0.39, 0.29) is 25.8 Å². The van der Waals surface area contributed by atoms with Crippen LogP contribution in [0, 0.1) is 0 Å². The molecule has 0 aromatic rings. The minimum atomic E-state index is -4.28. The van der Waals surface area contributed by atoms with Gasteiger partial charge < -0.3 is 18.9 Å². The van der Waals surface area contributed by atoms with Gasteiger partial charge in [0.15, 0.2) is 0 Å². The Balaban J connectivity index is 4.27. The Labute approximate surface area is 327 Å². The van der Waals surface area contributed by atoms with E-state index in [2.05, 4.69) is 50.3 Å². The summed E-state index contributed by atoms with van der Waals surface area (Å²) < 4.78 is 35.0. The molecule has 0 spiro atoms. The Hall–Kier alpha value is -1.28. The molecule has 0 aromatic carbocycles. The highest BCUT2D eigenvalue weighted by atomic mass is 31.2. The largest absolute Gasteiger partial charge is 0.472 e. The minimum Gasteiger partial charge on any atom is -0.457 e. The number of carbonyl (C=O) groups excluding carboxylic acids is 1. The number of allylic oxidation sites excluding steroid dienone is 6. The van der Waals surface area contributed by atoms with Gasteiger partial charge in [-0.3, -0.25) is 13.8 Å². The molecule has 2 unspecified atom stereocenters.